The Balaban J connectivity index is 1.51. The van der Waals surface area contributed by atoms with Crippen molar-refractivity contribution in [3.63, 3.8) is 0 Å². The zero-order valence-electron chi connectivity index (χ0n) is 13.4. The number of carbonyl (C=O) groups excluding carboxylic acids is 1. The average Bonchev–Trinajstić information content (AvgIpc) is 3.10. The fourth-order valence-corrected chi connectivity index (χ4v) is 3.19. The number of amides is 1. The van der Waals surface area contributed by atoms with Crippen LogP contribution >= 0.6 is 0 Å². The molecule has 0 spiro atoms. The van der Waals surface area contributed by atoms with Gasteiger partial charge in [0.05, 0.1) is 12.2 Å². The number of fused-ring (bicyclic) bond motifs is 1. The SMILES string of the molecule is O=C(Nc1cccc(F)c1)C1CCCN(c2ncnc3nc[nH]c23)C1. The fraction of sp³-hybridized carbons (Fsp3) is 0.294. The minimum Gasteiger partial charge on any atom is -0.354 e. The van der Waals surface area contributed by atoms with E-state index in [0.29, 0.717) is 17.9 Å². The number of nitrogens with zero attached hydrogens (tertiary/aromatic N) is 4. The summed E-state index contributed by atoms with van der Waals surface area (Å²) in [6, 6.07) is 5.92. The summed E-state index contributed by atoms with van der Waals surface area (Å²) < 4.78 is 13.3. The third-order valence-electron chi connectivity index (χ3n) is 4.39. The second-order valence-electron chi connectivity index (χ2n) is 6.08. The molecule has 0 aliphatic carbocycles. The van der Waals surface area contributed by atoms with Crippen molar-refractivity contribution in [1.82, 2.24) is 19.9 Å². The Morgan fingerprint density at radius 3 is 3.12 bits per heavy atom. The first-order chi connectivity index (χ1) is 12.2. The van der Waals surface area contributed by atoms with Gasteiger partial charge in [0.1, 0.15) is 17.7 Å². The molecular weight excluding hydrogens is 323 g/mol. The van der Waals surface area contributed by atoms with Crippen molar-refractivity contribution < 1.29 is 9.18 Å². The van der Waals surface area contributed by atoms with E-state index >= 15 is 0 Å². The Bertz CT molecular complexity index is 911. The molecule has 7 nitrogen and oxygen atoms in total. The summed E-state index contributed by atoms with van der Waals surface area (Å²) in [5.41, 5.74) is 1.85. The summed E-state index contributed by atoms with van der Waals surface area (Å²) in [6.45, 7) is 1.36. The van der Waals surface area contributed by atoms with E-state index < -0.39 is 0 Å². The summed E-state index contributed by atoms with van der Waals surface area (Å²) >= 11 is 0. The molecule has 1 aromatic carbocycles. The molecule has 8 heteroatoms. The number of aromatic amines is 1. The topological polar surface area (TPSA) is 86.8 Å². The van der Waals surface area contributed by atoms with Gasteiger partial charge in [0.2, 0.25) is 5.91 Å². The van der Waals surface area contributed by atoms with Crippen LogP contribution in [0.1, 0.15) is 12.8 Å². The van der Waals surface area contributed by atoms with Crippen LogP contribution in [0.3, 0.4) is 0 Å². The number of hydrogen-bond donors (Lipinski definition) is 2. The second-order valence-corrected chi connectivity index (χ2v) is 6.08. The van der Waals surface area contributed by atoms with Crippen molar-refractivity contribution in [1.29, 1.82) is 0 Å². The van der Waals surface area contributed by atoms with Gasteiger partial charge in [-0.1, -0.05) is 6.07 Å². The normalized spacial score (nSPS) is 17.6. The monoisotopic (exact) mass is 340 g/mol. The maximum atomic E-state index is 13.3. The molecule has 25 heavy (non-hydrogen) atoms. The van der Waals surface area contributed by atoms with Crippen LogP contribution in [0.4, 0.5) is 15.9 Å². The number of piperidine rings is 1. The third kappa shape index (κ3) is 3.15. The highest BCUT2D eigenvalue weighted by Gasteiger charge is 2.28. The van der Waals surface area contributed by atoms with Crippen LogP contribution in [0.2, 0.25) is 0 Å². The number of rotatable bonds is 3. The van der Waals surface area contributed by atoms with E-state index in [-0.39, 0.29) is 17.6 Å². The number of carbonyl (C=O) groups is 1. The molecule has 1 aliphatic rings. The van der Waals surface area contributed by atoms with E-state index in [1.54, 1.807) is 18.5 Å². The summed E-state index contributed by atoms with van der Waals surface area (Å²) in [5.74, 6) is 0.0895. The van der Waals surface area contributed by atoms with Gasteiger partial charge in [0, 0.05) is 18.8 Å². The largest absolute Gasteiger partial charge is 0.354 e. The quantitative estimate of drug-likeness (QED) is 0.764. The smallest absolute Gasteiger partial charge is 0.229 e. The molecule has 1 amide bonds. The average molecular weight is 340 g/mol. The molecule has 0 bridgehead atoms. The summed E-state index contributed by atoms with van der Waals surface area (Å²) in [4.78, 5) is 30.3. The van der Waals surface area contributed by atoms with Crippen LogP contribution in [0.25, 0.3) is 11.2 Å². The van der Waals surface area contributed by atoms with Crippen LogP contribution in [-0.4, -0.2) is 38.9 Å². The van der Waals surface area contributed by atoms with E-state index in [0.717, 1.165) is 30.7 Å². The van der Waals surface area contributed by atoms with Crippen LogP contribution in [0.5, 0.6) is 0 Å². The highest BCUT2D eigenvalue weighted by molar-refractivity contribution is 5.93. The molecule has 1 aliphatic heterocycles. The summed E-state index contributed by atoms with van der Waals surface area (Å²) in [5, 5.41) is 2.80. The first-order valence-electron chi connectivity index (χ1n) is 8.16. The van der Waals surface area contributed by atoms with Crippen molar-refractivity contribution in [3.05, 3.63) is 42.7 Å². The Morgan fingerprint density at radius 1 is 1.32 bits per heavy atom. The lowest BCUT2D eigenvalue weighted by atomic mass is 9.97. The van der Waals surface area contributed by atoms with Crippen LogP contribution < -0.4 is 10.2 Å². The first kappa shape index (κ1) is 15.5. The standard InChI is InChI=1S/C17H17FN6O/c18-12-4-1-5-13(7-12)23-17(25)11-3-2-6-24(8-11)16-14-15(20-9-19-14)21-10-22-16/h1,4-5,7,9-11H,2-3,6,8H2,(H,23,25)(H,19,20,21,22). The van der Waals surface area contributed by atoms with Crippen molar-refractivity contribution in [2.24, 2.45) is 5.92 Å². The number of hydrogen-bond acceptors (Lipinski definition) is 5. The molecule has 3 aromatic rings. The lowest BCUT2D eigenvalue weighted by Gasteiger charge is -2.32. The molecule has 4 rings (SSSR count). The van der Waals surface area contributed by atoms with Crippen LogP contribution in [0, 0.1) is 11.7 Å². The van der Waals surface area contributed by atoms with E-state index in [2.05, 4.69) is 30.2 Å². The maximum absolute atomic E-state index is 13.3. The van der Waals surface area contributed by atoms with Gasteiger partial charge in [-0.3, -0.25) is 4.79 Å². The molecule has 3 heterocycles. The Labute approximate surface area is 143 Å². The van der Waals surface area contributed by atoms with Crippen LogP contribution in [0.15, 0.2) is 36.9 Å². The van der Waals surface area contributed by atoms with Gasteiger partial charge in [-0.2, -0.15) is 0 Å². The van der Waals surface area contributed by atoms with Gasteiger partial charge in [-0.25, -0.2) is 19.3 Å². The highest BCUT2D eigenvalue weighted by atomic mass is 19.1. The first-order valence-corrected chi connectivity index (χ1v) is 8.16. The third-order valence-corrected chi connectivity index (χ3v) is 4.39. The van der Waals surface area contributed by atoms with E-state index in [4.69, 9.17) is 0 Å². The molecule has 1 unspecified atom stereocenters. The van der Waals surface area contributed by atoms with Gasteiger partial charge in [0.15, 0.2) is 11.5 Å². The molecule has 2 N–H and O–H groups in total. The minimum atomic E-state index is -0.370. The number of nitrogens with one attached hydrogen (secondary N) is 2. The molecule has 1 atom stereocenters. The van der Waals surface area contributed by atoms with Gasteiger partial charge in [-0.05, 0) is 31.0 Å². The highest BCUT2D eigenvalue weighted by Crippen LogP contribution is 2.26. The predicted octanol–water partition coefficient (Wildman–Crippen LogP) is 2.35. The molecule has 1 saturated heterocycles. The number of imidazole rings is 1. The number of aromatic nitrogens is 4. The van der Waals surface area contributed by atoms with Crippen molar-refractivity contribution in [2.45, 2.75) is 12.8 Å². The molecule has 0 radical (unpaired) electrons. The second kappa shape index (κ2) is 6.46. The molecule has 0 saturated carbocycles. The Hall–Kier alpha value is -3.03. The Kier molecular flexibility index (Phi) is 4.01. The van der Waals surface area contributed by atoms with E-state index in [9.17, 15) is 9.18 Å². The lowest BCUT2D eigenvalue weighted by molar-refractivity contribution is -0.120. The van der Waals surface area contributed by atoms with Crippen molar-refractivity contribution in [2.75, 3.05) is 23.3 Å². The van der Waals surface area contributed by atoms with Crippen molar-refractivity contribution >= 4 is 28.6 Å². The van der Waals surface area contributed by atoms with Gasteiger partial charge >= 0.3 is 0 Å². The minimum absolute atomic E-state index is 0.106. The van der Waals surface area contributed by atoms with Gasteiger partial charge < -0.3 is 15.2 Å². The zero-order chi connectivity index (χ0) is 17.2. The Morgan fingerprint density at radius 2 is 2.24 bits per heavy atom. The molecular formula is C17H17FN6O. The summed E-state index contributed by atoms with van der Waals surface area (Å²) in [6.07, 6.45) is 4.73. The number of benzene rings is 1. The fourth-order valence-electron chi connectivity index (χ4n) is 3.19. The number of anilines is 2. The van der Waals surface area contributed by atoms with Crippen LogP contribution in [-0.2, 0) is 4.79 Å². The van der Waals surface area contributed by atoms with Crippen molar-refractivity contribution in [3.8, 4) is 0 Å². The zero-order valence-corrected chi connectivity index (χ0v) is 13.4. The molecule has 2 aromatic heterocycles. The lowest BCUT2D eigenvalue weighted by Crippen LogP contribution is -2.41. The number of halogens is 1. The maximum Gasteiger partial charge on any atom is 0.229 e. The van der Waals surface area contributed by atoms with E-state index in [1.165, 1.54) is 18.5 Å². The molecule has 1 fully saturated rings. The number of H-pyrrole nitrogens is 1. The van der Waals surface area contributed by atoms with Gasteiger partial charge in [0.25, 0.3) is 0 Å². The van der Waals surface area contributed by atoms with Gasteiger partial charge in [-0.15, -0.1) is 0 Å². The predicted molar refractivity (Wildman–Crippen MR) is 91.7 cm³/mol. The van der Waals surface area contributed by atoms with E-state index in [1.807, 2.05) is 0 Å². The molecule has 128 valence electrons. The summed E-state index contributed by atoms with van der Waals surface area (Å²) in [7, 11) is 0.